The lowest BCUT2D eigenvalue weighted by molar-refractivity contribution is 0.414. The van der Waals surface area contributed by atoms with Crippen LogP contribution in [0.25, 0.3) is 0 Å². The Balaban J connectivity index is 2.18. The molecule has 0 saturated heterocycles. The quantitative estimate of drug-likeness (QED) is 0.879. The first-order chi connectivity index (χ1) is 9.65. The second-order valence-electron chi connectivity index (χ2n) is 4.76. The van der Waals surface area contributed by atoms with Crippen molar-refractivity contribution in [3.05, 3.63) is 46.2 Å². The molecule has 0 aliphatic rings. The Hall–Kier alpha value is -1.33. The summed E-state index contributed by atoms with van der Waals surface area (Å²) >= 11 is 3.54. The topological polar surface area (TPSA) is 53.1 Å². The molecule has 108 valence electrons. The lowest BCUT2D eigenvalue weighted by Gasteiger charge is -2.15. The molecule has 1 atom stereocenters. The third-order valence-corrected chi connectivity index (χ3v) is 3.82. The van der Waals surface area contributed by atoms with Crippen molar-refractivity contribution in [1.29, 1.82) is 0 Å². The summed E-state index contributed by atoms with van der Waals surface area (Å²) in [4.78, 5) is 0. The number of aryl methyl sites for hydroxylation is 1. The van der Waals surface area contributed by atoms with Crippen molar-refractivity contribution < 1.29 is 4.74 Å². The van der Waals surface area contributed by atoms with Crippen molar-refractivity contribution >= 4 is 15.9 Å². The van der Waals surface area contributed by atoms with Gasteiger partial charge in [-0.15, -0.1) is 0 Å². The first-order valence-electron chi connectivity index (χ1n) is 6.75. The number of benzene rings is 1. The van der Waals surface area contributed by atoms with Crippen LogP contribution in [0.3, 0.4) is 0 Å². The first-order valence-corrected chi connectivity index (χ1v) is 7.54. The van der Waals surface area contributed by atoms with Gasteiger partial charge in [-0.05, 0) is 46.5 Å². The third kappa shape index (κ3) is 3.41. The lowest BCUT2D eigenvalue weighted by atomic mass is 10.0. The van der Waals surface area contributed by atoms with Crippen LogP contribution in [0.5, 0.6) is 5.75 Å². The average Bonchev–Trinajstić information content (AvgIpc) is 2.80. The zero-order valence-corrected chi connectivity index (χ0v) is 13.4. The van der Waals surface area contributed by atoms with Crippen LogP contribution in [0.15, 0.2) is 34.9 Å². The molecule has 1 unspecified atom stereocenters. The van der Waals surface area contributed by atoms with Gasteiger partial charge in [-0.2, -0.15) is 5.10 Å². The predicted octanol–water partition coefficient (Wildman–Crippen LogP) is 3.31. The monoisotopic (exact) mass is 337 g/mol. The first kappa shape index (κ1) is 15.1. The Bertz CT molecular complexity index is 568. The van der Waals surface area contributed by atoms with Crippen molar-refractivity contribution in [2.24, 2.45) is 5.73 Å². The van der Waals surface area contributed by atoms with Gasteiger partial charge in [-0.1, -0.05) is 19.1 Å². The van der Waals surface area contributed by atoms with Crippen LogP contribution in [-0.2, 0) is 13.0 Å². The van der Waals surface area contributed by atoms with Gasteiger partial charge in [-0.25, -0.2) is 0 Å². The Morgan fingerprint density at radius 2 is 2.25 bits per heavy atom. The summed E-state index contributed by atoms with van der Waals surface area (Å²) < 4.78 is 8.20. The molecular formula is C15H20BrN3O. The van der Waals surface area contributed by atoms with Crippen molar-refractivity contribution in [1.82, 2.24) is 9.78 Å². The Morgan fingerprint density at radius 1 is 1.45 bits per heavy atom. The molecule has 0 spiro atoms. The molecule has 0 fully saturated rings. The normalized spacial score (nSPS) is 12.4. The van der Waals surface area contributed by atoms with Gasteiger partial charge in [0.15, 0.2) is 0 Å². The van der Waals surface area contributed by atoms with Crippen LogP contribution in [-0.4, -0.2) is 16.9 Å². The zero-order chi connectivity index (χ0) is 14.5. The van der Waals surface area contributed by atoms with E-state index >= 15 is 0 Å². The SMILES string of the molecule is CCCn1ncc(Br)c1C(N)Cc1cccc(OC)c1. The Labute approximate surface area is 128 Å². The minimum Gasteiger partial charge on any atom is -0.497 e. The maximum atomic E-state index is 6.36. The molecule has 20 heavy (non-hydrogen) atoms. The van der Waals surface area contributed by atoms with E-state index in [4.69, 9.17) is 10.5 Å². The van der Waals surface area contributed by atoms with Gasteiger partial charge in [0, 0.05) is 6.54 Å². The summed E-state index contributed by atoms with van der Waals surface area (Å²) in [5.74, 6) is 0.857. The minimum absolute atomic E-state index is 0.0921. The molecule has 5 heteroatoms. The van der Waals surface area contributed by atoms with Crippen LogP contribution in [0.2, 0.25) is 0 Å². The predicted molar refractivity (Wildman–Crippen MR) is 83.8 cm³/mol. The molecule has 1 heterocycles. The molecule has 2 aromatic rings. The van der Waals surface area contributed by atoms with Crippen LogP contribution in [0.4, 0.5) is 0 Å². The highest BCUT2D eigenvalue weighted by atomic mass is 79.9. The smallest absolute Gasteiger partial charge is 0.119 e. The molecule has 1 aromatic heterocycles. The summed E-state index contributed by atoms with van der Waals surface area (Å²) in [6, 6.07) is 7.92. The van der Waals surface area contributed by atoms with Gasteiger partial charge < -0.3 is 10.5 Å². The highest BCUT2D eigenvalue weighted by molar-refractivity contribution is 9.10. The van der Waals surface area contributed by atoms with E-state index in [2.05, 4.69) is 34.0 Å². The number of nitrogens with zero attached hydrogens (tertiary/aromatic N) is 2. The maximum Gasteiger partial charge on any atom is 0.119 e. The third-order valence-electron chi connectivity index (χ3n) is 3.21. The molecule has 2 N–H and O–H groups in total. The number of hydrogen-bond donors (Lipinski definition) is 1. The van der Waals surface area contributed by atoms with Crippen LogP contribution in [0, 0.1) is 0 Å². The fourth-order valence-electron chi connectivity index (χ4n) is 2.28. The molecule has 0 amide bonds. The van der Waals surface area contributed by atoms with Gasteiger partial charge in [-0.3, -0.25) is 4.68 Å². The number of rotatable bonds is 6. The fraction of sp³-hybridized carbons (Fsp3) is 0.400. The molecule has 0 aliphatic carbocycles. The standard InChI is InChI=1S/C15H20BrN3O/c1-3-7-19-15(13(16)10-18-19)14(17)9-11-5-4-6-12(8-11)20-2/h4-6,8,10,14H,3,7,9,17H2,1-2H3. The molecule has 4 nitrogen and oxygen atoms in total. The summed E-state index contributed by atoms with van der Waals surface area (Å²) in [6.45, 7) is 3.01. The number of hydrogen-bond acceptors (Lipinski definition) is 3. The molecule has 0 radical (unpaired) electrons. The second kappa shape index (κ2) is 6.90. The largest absolute Gasteiger partial charge is 0.497 e. The minimum atomic E-state index is -0.0921. The molecular weight excluding hydrogens is 318 g/mol. The number of halogens is 1. The maximum absolute atomic E-state index is 6.36. The Morgan fingerprint density at radius 3 is 2.95 bits per heavy atom. The molecule has 0 aliphatic heterocycles. The highest BCUT2D eigenvalue weighted by Crippen LogP contribution is 2.25. The van der Waals surface area contributed by atoms with Gasteiger partial charge in [0.2, 0.25) is 0 Å². The number of nitrogens with two attached hydrogens (primary N) is 1. The Kier molecular flexibility index (Phi) is 5.20. The fourth-order valence-corrected chi connectivity index (χ4v) is 2.87. The van der Waals surface area contributed by atoms with E-state index in [1.807, 2.05) is 29.1 Å². The summed E-state index contributed by atoms with van der Waals surface area (Å²) in [7, 11) is 1.67. The van der Waals surface area contributed by atoms with Crippen LogP contribution in [0.1, 0.15) is 30.6 Å². The van der Waals surface area contributed by atoms with E-state index in [0.29, 0.717) is 0 Å². The molecule has 2 rings (SSSR count). The highest BCUT2D eigenvalue weighted by Gasteiger charge is 2.17. The molecule has 1 aromatic carbocycles. The second-order valence-corrected chi connectivity index (χ2v) is 5.62. The zero-order valence-electron chi connectivity index (χ0n) is 11.8. The van der Waals surface area contributed by atoms with E-state index in [0.717, 1.165) is 40.9 Å². The van der Waals surface area contributed by atoms with Gasteiger partial charge >= 0.3 is 0 Å². The lowest BCUT2D eigenvalue weighted by Crippen LogP contribution is -2.19. The van der Waals surface area contributed by atoms with E-state index in [-0.39, 0.29) is 6.04 Å². The van der Waals surface area contributed by atoms with E-state index < -0.39 is 0 Å². The summed E-state index contributed by atoms with van der Waals surface area (Å²) in [5, 5.41) is 4.37. The average molecular weight is 338 g/mol. The van der Waals surface area contributed by atoms with E-state index in [9.17, 15) is 0 Å². The van der Waals surface area contributed by atoms with Gasteiger partial charge in [0.25, 0.3) is 0 Å². The van der Waals surface area contributed by atoms with Crippen LogP contribution < -0.4 is 10.5 Å². The van der Waals surface area contributed by atoms with Crippen molar-refractivity contribution in [2.75, 3.05) is 7.11 Å². The number of methoxy groups -OCH3 is 1. The van der Waals surface area contributed by atoms with Gasteiger partial charge in [0.1, 0.15) is 5.75 Å². The van der Waals surface area contributed by atoms with Crippen LogP contribution >= 0.6 is 15.9 Å². The number of ether oxygens (including phenoxy) is 1. The van der Waals surface area contributed by atoms with Crippen molar-refractivity contribution in [3.8, 4) is 5.75 Å². The summed E-state index contributed by atoms with van der Waals surface area (Å²) in [6.07, 6.45) is 3.61. The summed E-state index contributed by atoms with van der Waals surface area (Å²) in [5.41, 5.74) is 8.57. The van der Waals surface area contributed by atoms with Crippen molar-refractivity contribution in [3.63, 3.8) is 0 Å². The van der Waals surface area contributed by atoms with E-state index in [1.54, 1.807) is 7.11 Å². The number of aromatic nitrogens is 2. The van der Waals surface area contributed by atoms with Crippen molar-refractivity contribution in [2.45, 2.75) is 32.4 Å². The van der Waals surface area contributed by atoms with Gasteiger partial charge in [0.05, 0.1) is 29.5 Å². The van der Waals surface area contributed by atoms with E-state index in [1.165, 1.54) is 0 Å². The molecule has 0 bridgehead atoms. The molecule has 0 saturated carbocycles.